The summed E-state index contributed by atoms with van der Waals surface area (Å²) < 4.78 is 7.32. The number of hydrogen-bond donors (Lipinski definition) is 2. The summed E-state index contributed by atoms with van der Waals surface area (Å²) in [5.41, 5.74) is 5.82. The Hall–Kier alpha value is -2.08. The molecule has 0 radical (unpaired) electrons. The van der Waals surface area contributed by atoms with Crippen molar-refractivity contribution < 1.29 is 4.74 Å². The number of rotatable bonds is 5. The van der Waals surface area contributed by atoms with Crippen molar-refractivity contribution in [2.45, 2.75) is 19.9 Å². The fourth-order valence-corrected chi connectivity index (χ4v) is 1.82. The summed E-state index contributed by atoms with van der Waals surface area (Å²) in [6.45, 7) is 2.88. The number of nitrogens with zero attached hydrogens (tertiary/aromatic N) is 3. The molecule has 0 fully saturated rings. The molecule has 0 amide bonds. The first-order chi connectivity index (χ1) is 9.11. The summed E-state index contributed by atoms with van der Waals surface area (Å²) in [5.74, 6) is 0.632. The molecule has 0 saturated carbocycles. The third kappa shape index (κ3) is 3.03. The zero-order valence-electron chi connectivity index (χ0n) is 10.4. The number of nitrogens with one attached hydrogen (secondary N) is 1. The Balaban J connectivity index is 2.23. The molecule has 0 aromatic carbocycles. The molecule has 2 aromatic rings. The van der Waals surface area contributed by atoms with Crippen LogP contribution in [0, 0.1) is 5.41 Å². The zero-order valence-corrected chi connectivity index (χ0v) is 11.2. The molecular formula is C12H14ClN5O. The molecule has 3 N–H and O–H groups in total. The Morgan fingerprint density at radius 3 is 3.05 bits per heavy atom. The van der Waals surface area contributed by atoms with Gasteiger partial charge in [-0.2, -0.15) is 5.10 Å². The summed E-state index contributed by atoms with van der Waals surface area (Å²) in [4.78, 5) is 4.03. The van der Waals surface area contributed by atoms with Crippen LogP contribution in [0.5, 0.6) is 11.6 Å². The Bertz CT molecular complexity index is 596. The van der Waals surface area contributed by atoms with Gasteiger partial charge in [0.05, 0.1) is 12.4 Å². The average molecular weight is 280 g/mol. The van der Waals surface area contributed by atoms with Gasteiger partial charge in [-0.25, -0.2) is 4.98 Å². The minimum atomic E-state index is -0.126. The minimum absolute atomic E-state index is 0.126. The molecule has 6 nitrogen and oxygen atoms in total. The Labute approximate surface area is 115 Å². The second-order valence-electron chi connectivity index (χ2n) is 3.93. The summed E-state index contributed by atoms with van der Waals surface area (Å²) >= 11 is 6.09. The highest BCUT2D eigenvalue weighted by Crippen LogP contribution is 2.29. The van der Waals surface area contributed by atoms with Gasteiger partial charge in [0, 0.05) is 18.3 Å². The molecule has 100 valence electrons. The Morgan fingerprint density at radius 1 is 1.58 bits per heavy atom. The van der Waals surface area contributed by atoms with Gasteiger partial charge in [0.2, 0.25) is 5.88 Å². The fraction of sp³-hybridized carbons (Fsp3) is 0.250. The summed E-state index contributed by atoms with van der Waals surface area (Å²) in [6.07, 6.45) is 5.84. The van der Waals surface area contributed by atoms with E-state index in [1.165, 1.54) is 6.20 Å². The zero-order chi connectivity index (χ0) is 13.8. The van der Waals surface area contributed by atoms with Gasteiger partial charge < -0.3 is 10.5 Å². The monoisotopic (exact) mass is 279 g/mol. The van der Waals surface area contributed by atoms with E-state index in [2.05, 4.69) is 17.0 Å². The molecule has 0 saturated heterocycles. The topological polar surface area (TPSA) is 89.8 Å². The molecule has 2 rings (SSSR count). The standard InChI is InChI=1S/C12H14ClN5O/c1-2-5-18-7-8(6-17-18)19-12-10(13)9(11(14)15)3-4-16-12/h3-4,6-7H,2,5H2,1H3,(H3,14,15). The van der Waals surface area contributed by atoms with E-state index < -0.39 is 0 Å². The molecule has 0 bridgehead atoms. The van der Waals surface area contributed by atoms with Crippen molar-refractivity contribution >= 4 is 17.4 Å². The average Bonchev–Trinajstić information content (AvgIpc) is 2.79. The van der Waals surface area contributed by atoms with Gasteiger partial charge in [0.15, 0.2) is 5.75 Å². The molecule has 19 heavy (non-hydrogen) atoms. The molecule has 0 atom stereocenters. The number of amidine groups is 1. The van der Waals surface area contributed by atoms with Crippen LogP contribution in [0.1, 0.15) is 18.9 Å². The highest BCUT2D eigenvalue weighted by atomic mass is 35.5. The van der Waals surface area contributed by atoms with E-state index in [0.29, 0.717) is 11.3 Å². The van der Waals surface area contributed by atoms with E-state index in [4.69, 9.17) is 27.5 Å². The van der Waals surface area contributed by atoms with Crippen LogP contribution in [0.2, 0.25) is 5.02 Å². The lowest BCUT2D eigenvalue weighted by atomic mass is 10.2. The highest BCUT2D eigenvalue weighted by Gasteiger charge is 2.12. The van der Waals surface area contributed by atoms with Crippen molar-refractivity contribution in [2.24, 2.45) is 5.73 Å². The summed E-state index contributed by atoms with van der Waals surface area (Å²) in [6, 6.07) is 1.57. The number of nitrogens with two attached hydrogens (primary N) is 1. The highest BCUT2D eigenvalue weighted by molar-refractivity contribution is 6.35. The maximum absolute atomic E-state index is 7.41. The minimum Gasteiger partial charge on any atom is -0.434 e. The van der Waals surface area contributed by atoms with E-state index in [-0.39, 0.29) is 16.7 Å². The van der Waals surface area contributed by atoms with Crippen LogP contribution in [-0.2, 0) is 6.54 Å². The van der Waals surface area contributed by atoms with E-state index >= 15 is 0 Å². The van der Waals surface area contributed by atoms with Gasteiger partial charge in [0.25, 0.3) is 0 Å². The van der Waals surface area contributed by atoms with E-state index in [0.717, 1.165) is 13.0 Å². The van der Waals surface area contributed by atoms with Gasteiger partial charge in [-0.3, -0.25) is 10.1 Å². The van der Waals surface area contributed by atoms with Crippen LogP contribution in [0.4, 0.5) is 0 Å². The quantitative estimate of drug-likeness (QED) is 0.650. The smallest absolute Gasteiger partial charge is 0.239 e. The van der Waals surface area contributed by atoms with Crippen LogP contribution >= 0.6 is 11.6 Å². The fourth-order valence-electron chi connectivity index (χ4n) is 1.56. The third-order valence-electron chi connectivity index (χ3n) is 2.42. The van der Waals surface area contributed by atoms with Crippen LogP contribution in [-0.4, -0.2) is 20.6 Å². The van der Waals surface area contributed by atoms with Gasteiger partial charge in [0.1, 0.15) is 10.9 Å². The summed E-state index contributed by atoms with van der Waals surface area (Å²) in [7, 11) is 0. The van der Waals surface area contributed by atoms with Crippen LogP contribution < -0.4 is 10.5 Å². The third-order valence-corrected chi connectivity index (χ3v) is 2.79. The molecule has 0 unspecified atom stereocenters. The Morgan fingerprint density at radius 2 is 2.37 bits per heavy atom. The Kier molecular flexibility index (Phi) is 4.01. The second kappa shape index (κ2) is 5.71. The maximum Gasteiger partial charge on any atom is 0.239 e. The van der Waals surface area contributed by atoms with Crippen molar-refractivity contribution in [1.82, 2.24) is 14.8 Å². The van der Waals surface area contributed by atoms with Gasteiger partial charge >= 0.3 is 0 Å². The first kappa shape index (κ1) is 13.4. The van der Waals surface area contributed by atoms with Crippen molar-refractivity contribution in [3.8, 4) is 11.6 Å². The lowest BCUT2D eigenvalue weighted by molar-refractivity contribution is 0.461. The normalized spacial score (nSPS) is 10.4. The largest absolute Gasteiger partial charge is 0.434 e. The number of halogens is 1. The van der Waals surface area contributed by atoms with Gasteiger partial charge in [-0.15, -0.1) is 0 Å². The predicted molar refractivity (Wildman–Crippen MR) is 72.9 cm³/mol. The summed E-state index contributed by atoms with van der Waals surface area (Å²) in [5, 5.41) is 11.8. The molecule has 0 spiro atoms. The lowest BCUT2D eigenvalue weighted by Crippen LogP contribution is -2.12. The molecular weight excluding hydrogens is 266 g/mol. The van der Waals surface area contributed by atoms with Gasteiger partial charge in [-0.05, 0) is 12.5 Å². The predicted octanol–water partition coefficient (Wildman–Crippen LogP) is 2.42. The van der Waals surface area contributed by atoms with Gasteiger partial charge in [-0.1, -0.05) is 18.5 Å². The van der Waals surface area contributed by atoms with E-state index in [1.54, 1.807) is 23.1 Å². The molecule has 7 heteroatoms. The molecule has 0 aliphatic rings. The first-order valence-electron chi connectivity index (χ1n) is 5.81. The van der Waals surface area contributed by atoms with Crippen molar-refractivity contribution in [2.75, 3.05) is 0 Å². The van der Waals surface area contributed by atoms with Crippen molar-refractivity contribution in [3.63, 3.8) is 0 Å². The van der Waals surface area contributed by atoms with Crippen LogP contribution in [0.15, 0.2) is 24.7 Å². The van der Waals surface area contributed by atoms with Crippen LogP contribution in [0.3, 0.4) is 0 Å². The molecule has 2 aromatic heterocycles. The number of aryl methyl sites for hydroxylation is 1. The molecule has 0 aliphatic heterocycles. The van der Waals surface area contributed by atoms with Crippen LogP contribution in [0.25, 0.3) is 0 Å². The number of nitrogen functional groups attached to an aromatic ring is 1. The molecule has 2 heterocycles. The number of pyridine rings is 1. The second-order valence-corrected chi connectivity index (χ2v) is 4.31. The molecule has 0 aliphatic carbocycles. The maximum atomic E-state index is 7.41. The van der Waals surface area contributed by atoms with Crippen molar-refractivity contribution in [1.29, 1.82) is 5.41 Å². The van der Waals surface area contributed by atoms with E-state index in [9.17, 15) is 0 Å². The number of ether oxygens (including phenoxy) is 1. The number of hydrogen-bond acceptors (Lipinski definition) is 4. The first-order valence-corrected chi connectivity index (χ1v) is 6.18. The number of aromatic nitrogens is 3. The lowest BCUT2D eigenvalue weighted by Gasteiger charge is -2.07. The van der Waals surface area contributed by atoms with Crippen molar-refractivity contribution in [3.05, 3.63) is 35.2 Å². The SMILES string of the molecule is CCCn1cc(Oc2nccc(C(=N)N)c2Cl)cn1. The van der Waals surface area contributed by atoms with E-state index in [1.807, 2.05) is 0 Å².